The highest BCUT2D eigenvalue weighted by Gasteiger charge is 2.46. The van der Waals surface area contributed by atoms with E-state index in [1.54, 1.807) is 49.3 Å². The third kappa shape index (κ3) is 12.3. The monoisotopic (exact) mass is 960 g/mol. The summed E-state index contributed by atoms with van der Waals surface area (Å²) in [5, 5.41) is 16.8. The Morgan fingerprint density at radius 1 is 0.515 bits per heavy atom. The van der Waals surface area contributed by atoms with Gasteiger partial charge < -0.3 is 51.5 Å². The minimum absolute atomic E-state index is 0.271. The van der Waals surface area contributed by atoms with Crippen LogP contribution in [-0.4, -0.2) is 178 Å². The van der Waals surface area contributed by atoms with Gasteiger partial charge in [0.05, 0.1) is 12.8 Å². The van der Waals surface area contributed by atoms with Crippen molar-refractivity contribution < 1.29 is 47.9 Å². The fourth-order valence-electron chi connectivity index (χ4n) is 9.78. The zero-order valence-corrected chi connectivity index (χ0v) is 40.2. The summed E-state index contributed by atoms with van der Waals surface area (Å²) in [4.78, 5) is 142. The highest BCUT2D eigenvalue weighted by atomic mass is 33.1. The normalized spacial score (nSPS) is 29.2. The predicted octanol–water partition coefficient (Wildman–Crippen LogP) is -0.597. The molecule has 6 saturated heterocycles. The van der Waals surface area contributed by atoms with E-state index in [0.29, 0.717) is 102 Å². The van der Waals surface area contributed by atoms with Crippen molar-refractivity contribution in [3.63, 3.8) is 0 Å². The van der Waals surface area contributed by atoms with Gasteiger partial charge >= 0.3 is 0 Å². The Balaban J connectivity index is 0.955. The lowest BCUT2D eigenvalue weighted by Gasteiger charge is -2.31. The topological polar surface area (TPSA) is 256 Å². The van der Waals surface area contributed by atoms with Crippen LogP contribution in [0.5, 0.6) is 0 Å². The smallest absolute Gasteiger partial charge is 0.246 e. The number of nitrogens with zero attached hydrogens (tertiary/aromatic N) is 4. The van der Waals surface area contributed by atoms with Gasteiger partial charge in [-0.15, -0.1) is 0 Å². The van der Waals surface area contributed by atoms with E-state index in [1.165, 1.54) is 19.6 Å². The quantitative estimate of drug-likeness (QED) is 0.100. The summed E-state index contributed by atoms with van der Waals surface area (Å²) < 4.78 is 0. The van der Waals surface area contributed by atoms with Crippen LogP contribution in [0.1, 0.15) is 105 Å². The van der Waals surface area contributed by atoms with Crippen LogP contribution >= 0.6 is 21.6 Å². The molecule has 0 saturated carbocycles. The Labute approximate surface area is 394 Å². The summed E-state index contributed by atoms with van der Waals surface area (Å²) in [6.07, 6.45) is 4.87. The summed E-state index contributed by atoms with van der Waals surface area (Å²) in [5.41, 5.74) is 0. The molecule has 0 unspecified atom stereocenters. The van der Waals surface area contributed by atoms with E-state index in [2.05, 4.69) is 31.9 Å². The molecule has 66 heavy (non-hydrogen) atoms. The fourth-order valence-corrected chi connectivity index (χ4v) is 12.0. The maximum atomic E-state index is 13.7. The van der Waals surface area contributed by atoms with E-state index < -0.39 is 95.6 Å². The molecule has 0 radical (unpaired) electrons. The van der Waals surface area contributed by atoms with E-state index in [0.717, 1.165) is 0 Å². The zero-order chi connectivity index (χ0) is 47.7. The lowest BCUT2D eigenvalue weighted by molar-refractivity contribution is -0.147. The maximum Gasteiger partial charge on any atom is 0.246 e. The van der Waals surface area contributed by atoms with Gasteiger partial charge in [-0.05, 0) is 76.0 Å². The Hall–Kier alpha value is -4.60. The molecular weight excluding hydrogens is 893 g/mol. The number of carbonyl (C=O) groups is 10. The molecule has 22 heteroatoms. The van der Waals surface area contributed by atoms with Crippen LogP contribution in [-0.2, 0) is 47.9 Å². The molecule has 8 atom stereocenters. The van der Waals surface area contributed by atoms with Crippen molar-refractivity contribution in [3.05, 3.63) is 0 Å². The van der Waals surface area contributed by atoms with Gasteiger partial charge in [0.1, 0.15) is 48.3 Å². The Bertz CT molecular complexity index is 1720. The summed E-state index contributed by atoms with van der Waals surface area (Å²) >= 11 is 0. The Morgan fingerprint density at radius 3 is 1.23 bits per heavy atom. The van der Waals surface area contributed by atoms with Gasteiger partial charge in [0.15, 0.2) is 0 Å². The molecule has 0 aromatic carbocycles. The Kier molecular flexibility index (Phi) is 18.0. The number of hydrogen-bond donors (Lipinski definition) is 6. The molecule has 0 aromatic rings. The molecule has 0 bridgehead atoms. The van der Waals surface area contributed by atoms with Crippen molar-refractivity contribution in [2.45, 2.75) is 153 Å². The van der Waals surface area contributed by atoms with E-state index in [4.69, 9.17) is 0 Å². The largest absolute Gasteiger partial charge is 0.354 e. The number of carbonyl (C=O) groups excluding carboxylic acids is 10. The van der Waals surface area contributed by atoms with Crippen LogP contribution in [0.3, 0.4) is 0 Å². The van der Waals surface area contributed by atoms with Crippen LogP contribution in [0.25, 0.3) is 0 Å². The molecule has 0 spiro atoms. The first kappa shape index (κ1) is 50.8. The third-order valence-corrected chi connectivity index (χ3v) is 16.0. The van der Waals surface area contributed by atoms with Gasteiger partial charge in [0.2, 0.25) is 59.1 Å². The van der Waals surface area contributed by atoms with Crippen LogP contribution in [0, 0.1) is 11.8 Å². The number of nitrogens with one attached hydrogen (secondary N) is 6. The second-order valence-electron chi connectivity index (χ2n) is 18.8. The highest BCUT2D eigenvalue weighted by Crippen LogP contribution is 2.29. The first-order valence-electron chi connectivity index (χ1n) is 23.8. The second-order valence-corrected chi connectivity index (χ2v) is 21.5. The average Bonchev–Trinajstić information content (AvgIpc) is 4.13. The van der Waals surface area contributed by atoms with Crippen LogP contribution in [0.15, 0.2) is 0 Å². The first-order valence-corrected chi connectivity index (χ1v) is 26.3. The molecule has 0 aliphatic carbocycles. The molecule has 20 nitrogen and oxygen atoms in total. The minimum Gasteiger partial charge on any atom is -0.354 e. The van der Waals surface area contributed by atoms with E-state index >= 15 is 0 Å². The molecule has 6 rings (SSSR count). The average molecular weight is 961 g/mol. The minimum atomic E-state index is -1.21. The molecule has 6 fully saturated rings. The summed E-state index contributed by atoms with van der Waals surface area (Å²) in [6, 6.07) is -7.28. The van der Waals surface area contributed by atoms with Gasteiger partial charge in [-0.1, -0.05) is 49.3 Å². The lowest BCUT2D eigenvalue weighted by Crippen LogP contribution is -2.58. The molecule has 6 aliphatic heterocycles. The zero-order valence-electron chi connectivity index (χ0n) is 38.6. The van der Waals surface area contributed by atoms with Gasteiger partial charge in [-0.2, -0.15) is 0 Å². The van der Waals surface area contributed by atoms with Crippen molar-refractivity contribution in [2.75, 3.05) is 50.8 Å². The molecular formula is C44H68N10O10S2. The highest BCUT2D eigenvalue weighted by molar-refractivity contribution is 8.76. The first-order chi connectivity index (χ1) is 31.6. The molecule has 6 heterocycles. The van der Waals surface area contributed by atoms with E-state index in [9.17, 15) is 47.9 Å². The number of rotatable bonds is 13. The number of fused-ring (bicyclic) bond motifs is 4. The van der Waals surface area contributed by atoms with Crippen molar-refractivity contribution in [3.8, 4) is 0 Å². The summed E-state index contributed by atoms with van der Waals surface area (Å²) in [6.45, 7) is 9.13. The van der Waals surface area contributed by atoms with Crippen molar-refractivity contribution >= 4 is 80.7 Å². The number of amides is 10. The summed E-state index contributed by atoms with van der Waals surface area (Å²) in [5.74, 6) is -3.79. The van der Waals surface area contributed by atoms with Gasteiger partial charge in [-0.25, -0.2) is 0 Å². The molecule has 10 amide bonds. The van der Waals surface area contributed by atoms with Crippen LogP contribution in [0.4, 0.5) is 0 Å². The molecule has 366 valence electrons. The Morgan fingerprint density at radius 2 is 0.864 bits per heavy atom. The SMILES string of the molecule is CC(C)[C@@H]1NC(=O)[C@H]2CCCN2C(=O)[C@@H]2CCCN2C(=O)C[C@@H](C(=O)NCCCSSCCCNC(=O)[C@@H]2CC(=O)N3CCC[C@H]3C(=O)N3CCC[C@@H]3C(=O)N[C@@H](C(C)C)C(=O)N2)NC1=O. The maximum absolute atomic E-state index is 13.7. The molecule has 0 aromatic heterocycles. The third-order valence-electron chi connectivity index (χ3n) is 13.4. The molecule has 6 N–H and O–H groups in total. The second kappa shape index (κ2) is 23.4. The fraction of sp³-hybridized carbons (Fsp3) is 0.773. The van der Waals surface area contributed by atoms with Gasteiger partial charge in [0.25, 0.3) is 0 Å². The van der Waals surface area contributed by atoms with Crippen molar-refractivity contribution in [1.29, 1.82) is 0 Å². The van der Waals surface area contributed by atoms with E-state index in [1.807, 2.05) is 0 Å². The van der Waals surface area contributed by atoms with Gasteiger partial charge in [0, 0.05) is 50.8 Å². The van der Waals surface area contributed by atoms with Crippen molar-refractivity contribution in [1.82, 2.24) is 51.5 Å². The lowest BCUT2D eigenvalue weighted by atomic mass is 10.0. The van der Waals surface area contributed by atoms with Crippen LogP contribution < -0.4 is 31.9 Å². The number of hydrogen-bond acceptors (Lipinski definition) is 12. The van der Waals surface area contributed by atoms with Crippen LogP contribution in [0.2, 0.25) is 0 Å². The standard InChI is InChI=1S/C44H68N10O10S2/c1-25(2)35-41(61)47-27(23-33(55)51-17-7-13-31(51)43(63)53-19-5-11-29(53)39(59)49-35)37(57)45-15-9-21-65-66-22-10-16-46-38(58)28-24-34(56)52-18-8-14-32(52)44(64)54-20-6-12-30(54)40(60)50-36(26(3)4)42(62)48-28/h25-32,35-36H,5-24H2,1-4H3,(H,45,57)(H,46,58)(H,47,61)(H,48,62)(H,49,59)(H,50,60)/t27-,28-,29+,30+,31-,32-,35-,36-/m0/s1. The molecule has 6 aliphatic rings. The summed E-state index contributed by atoms with van der Waals surface area (Å²) in [7, 11) is 3.15. The van der Waals surface area contributed by atoms with E-state index in [-0.39, 0.29) is 49.6 Å². The van der Waals surface area contributed by atoms with Gasteiger partial charge in [-0.3, -0.25) is 47.9 Å². The van der Waals surface area contributed by atoms with Crippen molar-refractivity contribution in [2.24, 2.45) is 11.8 Å². The predicted molar refractivity (Wildman–Crippen MR) is 246 cm³/mol.